The lowest BCUT2D eigenvalue weighted by molar-refractivity contribution is -0.274. The van der Waals surface area contributed by atoms with Crippen molar-refractivity contribution in [1.29, 1.82) is 0 Å². The number of hydrogen-bond donors (Lipinski definition) is 0. The Hall–Kier alpha value is -1.81. The monoisotopic (exact) mass is 379 g/mol. The van der Waals surface area contributed by atoms with E-state index < -0.39 is 39.1 Å². The molecule has 1 aromatic rings. The Morgan fingerprint density at radius 3 is 2.56 bits per heavy atom. The number of fused-ring (bicyclic) bond motifs is 1. The van der Waals surface area contributed by atoms with Gasteiger partial charge in [-0.3, -0.25) is 4.79 Å². The van der Waals surface area contributed by atoms with Gasteiger partial charge in [0.1, 0.15) is 11.0 Å². The SMILES string of the molecule is O=C(c1ccc(OC(F)(F)F)cc1)N1CCS(=O)(=O)[C@H]2COCC[C@H]21. The Morgan fingerprint density at radius 1 is 1.24 bits per heavy atom. The number of benzene rings is 1. The lowest BCUT2D eigenvalue weighted by Crippen LogP contribution is -2.60. The van der Waals surface area contributed by atoms with E-state index in [1.54, 1.807) is 0 Å². The molecule has 6 nitrogen and oxygen atoms in total. The van der Waals surface area contributed by atoms with Crippen molar-refractivity contribution in [3.63, 3.8) is 0 Å². The van der Waals surface area contributed by atoms with Gasteiger partial charge < -0.3 is 14.4 Å². The van der Waals surface area contributed by atoms with Gasteiger partial charge in [0.15, 0.2) is 9.84 Å². The van der Waals surface area contributed by atoms with E-state index in [4.69, 9.17) is 4.74 Å². The third-order valence-electron chi connectivity index (χ3n) is 4.34. The summed E-state index contributed by atoms with van der Waals surface area (Å²) in [5.74, 6) is -0.988. The van der Waals surface area contributed by atoms with Gasteiger partial charge in [0.05, 0.1) is 18.4 Å². The molecule has 0 bridgehead atoms. The highest BCUT2D eigenvalue weighted by atomic mass is 32.2. The molecule has 2 fully saturated rings. The lowest BCUT2D eigenvalue weighted by Gasteiger charge is -2.43. The zero-order valence-corrected chi connectivity index (χ0v) is 13.8. The summed E-state index contributed by atoms with van der Waals surface area (Å²) < 4.78 is 69.9. The molecule has 138 valence electrons. The number of ether oxygens (including phenoxy) is 2. The van der Waals surface area contributed by atoms with E-state index in [2.05, 4.69) is 4.74 Å². The summed E-state index contributed by atoms with van der Waals surface area (Å²) in [5, 5.41) is -0.758. The third kappa shape index (κ3) is 3.90. The predicted molar refractivity (Wildman–Crippen MR) is 81.0 cm³/mol. The van der Waals surface area contributed by atoms with Crippen molar-refractivity contribution < 1.29 is 35.9 Å². The summed E-state index contributed by atoms with van der Waals surface area (Å²) in [6.07, 6.45) is -4.40. The van der Waals surface area contributed by atoms with Crippen LogP contribution in [0, 0.1) is 0 Å². The van der Waals surface area contributed by atoms with Crippen LogP contribution in [0.15, 0.2) is 24.3 Å². The van der Waals surface area contributed by atoms with Crippen molar-refractivity contribution in [1.82, 2.24) is 4.90 Å². The number of rotatable bonds is 2. The molecule has 0 aromatic heterocycles. The van der Waals surface area contributed by atoms with Gasteiger partial charge in [0.25, 0.3) is 5.91 Å². The van der Waals surface area contributed by atoms with E-state index >= 15 is 0 Å². The first kappa shape index (κ1) is 18.0. The molecule has 1 amide bonds. The first-order valence-electron chi connectivity index (χ1n) is 7.63. The molecule has 2 aliphatic rings. The zero-order valence-electron chi connectivity index (χ0n) is 13.0. The van der Waals surface area contributed by atoms with E-state index in [0.717, 1.165) is 12.1 Å². The predicted octanol–water partition coefficient (Wildman–Crippen LogP) is 1.61. The molecule has 2 heterocycles. The fraction of sp³-hybridized carbons (Fsp3) is 0.533. The van der Waals surface area contributed by atoms with Crippen LogP contribution in [0.1, 0.15) is 16.8 Å². The molecular formula is C15H16F3NO5S. The molecule has 10 heteroatoms. The third-order valence-corrected chi connectivity index (χ3v) is 6.47. The smallest absolute Gasteiger partial charge is 0.406 e. The molecule has 2 atom stereocenters. The summed E-state index contributed by atoms with van der Waals surface area (Å²) in [5.41, 5.74) is 0.180. The zero-order chi connectivity index (χ0) is 18.2. The lowest BCUT2D eigenvalue weighted by atomic mass is 10.0. The average molecular weight is 379 g/mol. The van der Waals surface area contributed by atoms with Crippen LogP contribution in [0.5, 0.6) is 5.75 Å². The average Bonchev–Trinajstić information content (AvgIpc) is 2.54. The number of amides is 1. The summed E-state index contributed by atoms with van der Waals surface area (Å²) in [4.78, 5) is 14.2. The minimum absolute atomic E-state index is 0.0507. The number of halogens is 3. The molecule has 2 aliphatic heterocycles. The van der Waals surface area contributed by atoms with Crippen molar-refractivity contribution in [3.8, 4) is 5.75 Å². The van der Waals surface area contributed by atoms with E-state index in [9.17, 15) is 26.4 Å². The highest BCUT2D eigenvalue weighted by Gasteiger charge is 2.45. The molecule has 2 saturated heterocycles. The normalized spacial score (nSPS) is 26.0. The Kier molecular flexibility index (Phi) is 4.67. The first-order chi connectivity index (χ1) is 11.7. The molecule has 0 unspecified atom stereocenters. The second-order valence-electron chi connectivity index (χ2n) is 5.91. The molecule has 0 aliphatic carbocycles. The van der Waals surface area contributed by atoms with E-state index in [1.165, 1.54) is 17.0 Å². The van der Waals surface area contributed by atoms with Crippen LogP contribution in [0.3, 0.4) is 0 Å². The molecule has 0 N–H and O–H groups in total. The highest BCUT2D eigenvalue weighted by molar-refractivity contribution is 7.92. The maximum atomic E-state index is 12.7. The summed E-state index contributed by atoms with van der Waals surface area (Å²) >= 11 is 0. The Labute approximate surface area is 142 Å². The Bertz CT molecular complexity index is 747. The van der Waals surface area contributed by atoms with Gasteiger partial charge in [0, 0.05) is 18.7 Å². The van der Waals surface area contributed by atoms with E-state index in [1.807, 2.05) is 0 Å². The number of sulfone groups is 1. The number of alkyl halides is 3. The molecular weight excluding hydrogens is 363 g/mol. The minimum atomic E-state index is -4.80. The maximum Gasteiger partial charge on any atom is 0.573 e. The van der Waals surface area contributed by atoms with Gasteiger partial charge >= 0.3 is 6.36 Å². The number of carbonyl (C=O) groups is 1. The van der Waals surface area contributed by atoms with Gasteiger partial charge in [-0.05, 0) is 30.7 Å². The van der Waals surface area contributed by atoms with Crippen molar-refractivity contribution >= 4 is 15.7 Å². The molecule has 0 radical (unpaired) electrons. The van der Waals surface area contributed by atoms with Crippen LogP contribution >= 0.6 is 0 Å². The maximum absolute atomic E-state index is 12.7. The van der Waals surface area contributed by atoms with Crippen LogP contribution in [0.4, 0.5) is 13.2 Å². The van der Waals surface area contributed by atoms with E-state index in [-0.39, 0.29) is 24.5 Å². The highest BCUT2D eigenvalue weighted by Crippen LogP contribution is 2.28. The summed E-state index contributed by atoms with van der Waals surface area (Å²) in [6, 6.07) is 4.11. The second-order valence-corrected chi connectivity index (χ2v) is 8.25. The van der Waals surface area contributed by atoms with Crippen molar-refractivity contribution in [2.45, 2.75) is 24.1 Å². The van der Waals surface area contributed by atoms with Gasteiger partial charge in [-0.2, -0.15) is 0 Å². The van der Waals surface area contributed by atoms with Crippen LogP contribution in [0.25, 0.3) is 0 Å². The van der Waals surface area contributed by atoms with Crippen molar-refractivity contribution in [2.75, 3.05) is 25.5 Å². The van der Waals surface area contributed by atoms with Crippen LogP contribution in [-0.2, 0) is 14.6 Å². The number of hydrogen-bond acceptors (Lipinski definition) is 5. The minimum Gasteiger partial charge on any atom is -0.406 e. The fourth-order valence-electron chi connectivity index (χ4n) is 3.16. The van der Waals surface area contributed by atoms with Crippen LogP contribution < -0.4 is 4.74 Å². The number of nitrogens with zero attached hydrogens (tertiary/aromatic N) is 1. The quantitative estimate of drug-likeness (QED) is 0.781. The number of carbonyl (C=O) groups excluding carboxylic acids is 1. The second kappa shape index (κ2) is 6.49. The molecule has 3 rings (SSSR count). The fourth-order valence-corrected chi connectivity index (χ4v) is 4.98. The first-order valence-corrected chi connectivity index (χ1v) is 9.35. The van der Waals surface area contributed by atoms with Gasteiger partial charge in [-0.1, -0.05) is 0 Å². The van der Waals surface area contributed by atoms with Gasteiger partial charge in [0.2, 0.25) is 0 Å². The Morgan fingerprint density at radius 2 is 1.92 bits per heavy atom. The van der Waals surface area contributed by atoms with Crippen molar-refractivity contribution in [2.24, 2.45) is 0 Å². The molecule has 1 aromatic carbocycles. The molecule has 0 saturated carbocycles. The molecule has 25 heavy (non-hydrogen) atoms. The summed E-state index contributed by atoms with van der Waals surface area (Å²) in [6.45, 7) is 0.469. The van der Waals surface area contributed by atoms with Gasteiger partial charge in [-0.15, -0.1) is 13.2 Å². The van der Waals surface area contributed by atoms with E-state index in [0.29, 0.717) is 13.0 Å². The van der Waals surface area contributed by atoms with Gasteiger partial charge in [-0.25, -0.2) is 8.42 Å². The topological polar surface area (TPSA) is 72.9 Å². The van der Waals surface area contributed by atoms with Crippen LogP contribution in [0.2, 0.25) is 0 Å². The Balaban J connectivity index is 1.78. The van der Waals surface area contributed by atoms with Crippen molar-refractivity contribution in [3.05, 3.63) is 29.8 Å². The summed E-state index contributed by atoms with van der Waals surface area (Å²) in [7, 11) is -3.32. The largest absolute Gasteiger partial charge is 0.573 e. The van der Waals surface area contributed by atoms with Crippen LogP contribution in [-0.4, -0.2) is 62.4 Å². The molecule has 0 spiro atoms. The standard InChI is InChI=1S/C15H16F3NO5S/c16-15(17,18)24-11-3-1-10(2-4-11)14(20)19-6-8-25(21,22)13-9-23-7-5-12(13)19/h1-4,12-13H,5-9H2/t12-,13+/m1/s1.